The predicted molar refractivity (Wildman–Crippen MR) is 107 cm³/mol. The molecule has 0 spiro atoms. The second-order valence-electron chi connectivity index (χ2n) is 5.46. The van der Waals surface area contributed by atoms with Crippen molar-refractivity contribution in [2.75, 3.05) is 11.9 Å². The standard InChI is InChI=1S/C17H17Cl3N2O4S/c1-3-26-15-8-7-11(9-13(15)19)27(24,25)22-10(2)17(23)21-14-6-4-5-12(18)16(14)20/h4-10,22H,3H2,1-2H3,(H,21,23)/t10-/m1/s1. The Kier molecular flexibility index (Phi) is 7.36. The number of sulfonamides is 1. The summed E-state index contributed by atoms with van der Waals surface area (Å²) in [4.78, 5) is 12.2. The molecule has 10 heteroatoms. The van der Waals surface area contributed by atoms with Crippen molar-refractivity contribution < 1.29 is 17.9 Å². The second kappa shape index (κ2) is 9.12. The third-order valence-corrected chi connectivity index (χ3v) is 6.10. The van der Waals surface area contributed by atoms with Crippen LogP contribution in [0.5, 0.6) is 5.75 Å². The lowest BCUT2D eigenvalue weighted by atomic mass is 10.3. The smallest absolute Gasteiger partial charge is 0.242 e. The van der Waals surface area contributed by atoms with Crippen LogP contribution in [0.1, 0.15) is 13.8 Å². The first-order valence-electron chi connectivity index (χ1n) is 7.85. The van der Waals surface area contributed by atoms with Gasteiger partial charge in [0.05, 0.1) is 38.3 Å². The van der Waals surface area contributed by atoms with Gasteiger partial charge in [-0.2, -0.15) is 4.72 Å². The van der Waals surface area contributed by atoms with Gasteiger partial charge in [-0.1, -0.05) is 40.9 Å². The van der Waals surface area contributed by atoms with E-state index in [0.29, 0.717) is 12.4 Å². The number of rotatable bonds is 7. The molecule has 0 radical (unpaired) electrons. The summed E-state index contributed by atoms with van der Waals surface area (Å²) in [6, 6.07) is 7.72. The number of carbonyl (C=O) groups excluding carboxylic acids is 1. The molecule has 146 valence electrons. The van der Waals surface area contributed by atoms with Crippen LogP contribution >= 0.6 is 34.8 Å². The first kappa shape index (κ1) is 21.8. The number of hydrogen-bond acceptors (Lipinski definition) is 4. The van der Waals surface area contributed by atoms with Crippen LogP contribution in [-0.4, -0.2) is 27.0 Å². The molecule has 2 aromatic carbocycles. The lowest BCUT2D eigenvalue weighted by Crippen LogP contribution is -2.41. The van der Waals surface area contributed by atoms with Crippen molar-refractivity contribution in [2.24, 2.45) is 0 Å². The van der Waals surface area contributed by atoms with Gasteiger partial charge in [0.2, 0.25) is 15.9 Å². The average molecular weight is 452 g/mol. The summed E-state index contributed by atoms with van der Waals surface area (Å²) in [7, 11) is -3.98. The van der Waals surface area contributed by atoms with E-state index in [0.717, 1.165) is 0 Å². The van der Waals surface area contributed by atoms with Crippen LogP contribution in [-0.2, 0) is 14.8 Å². The van der Waals surface area contributed by atoms with Crippen LogP contribution < -0.4 is 14.8 Å². The highest BCUT2D eigenvalue weighted by molar-refractivity contribution is 7.89. The maximum atomic E-state index is 12.5. The molecule has 0 bridgehead atoms. The molecule has 0 unspecified atom stereocenters. The molecule has 0 aliphatic rings. The van der Waals surface area contributed by atoms with Crippen molar-refractivity contribution in [1.82, 2.24) is 4.72 Å². The molecule has 0 fully saturated rings. The molecule has 2 rings (SSSR count). The molecule has 1 amide bonds. The quantitative estimate of drug-likeness (QED) is 0.655. The molecular formula is C17H17Cl3N2O4S. The Morgan fingerprint density at radius 1 is 1.15 bits per heavy atom. The molecule has 0 heterocycles. The summed E-state index contributed by atoms with van der Waals surface area (Å²) in [5.74, 6) is -0.223. The van der Waals surface area contributed by atoms with E-state index in [1.165, 1.54) is 25.1 Å². The fourth-order valence-corrected chi connectivity index (χ4v) is 3.99. The van der Waals surface area contributed by atoms with E-state index >= 15 is 0 Å². The molecule has 2 aromatic rings. The Bertz CT molecular complexity index is 951. The van der Waals surface area contributed by atoms with E-state index in [1.54, 1.807) is 25.1 Å². The molecular weight excluding hydrogens is 435 g/mol. The van der Waals surface area contributed by atoms with Crippen LogP contribution in [0.15, 0.2) is 41.3 Å². The molecule has 2 N–H and O–H groups in total. The highest BCUT2D eigenvalue weighted by Crippen LogP contribution is 2.30. The van der Waals surface area contributed by atoms with Gasteiger partial charge < -0.3 is 10.1 Å². The molecule has 0 aromatic heterocycles. The van der Waals surface area contributed by atoms with E-state index in [1.807, 2.05) is 0 Å². The lowest BCUT2D eigenvalue weighted by molar-refractivity contribution is -0.117. The van der Waals surface area contributed by atoms with Crippen molar-refractivity contribution >= 4 is 56.4 Å². The van der Waals surface area contributed by atoms with Crippen LogP contribution in [0.25, 0.3) is 0 Å². The first-order valence-corrected chi connectivity index (χ1v) is 10.5. The van der Waals surface area contributed by atoms with Gasteiger partial charge >= 0.3 is 0 Å². The molecule has 0 saturated carbocycles. The SMILES string of the molecule is CCOc1ccc(S(=O)(=O)N[C@H](C)C(=O)Nc2cccc(Cl)c2Cl)cc1Cl. The highest BCUT2D eigenvalue weighted by atomic mass is 35.5. The van der Waals surface area contributed by atoms with E-state index in [9.17, 15) is 13.2 Å². The van der Waals surface area contributed by atoms with Crippen molar-refractivity contribution in [3.63, 3.8) is 0 Å². The first-order chi connectivity index (χ1) is 12.7. The average Bonchev–Trinajstić information content (AvgIpc) is 2.60. The summed E-state index contributed by atoms with van der Waals surface area (Å²) in [6.45, 7) is 3.59. The van der Waals surface area contributed by atoms with Gasteiger partial charge in [-0.15, -0.1) is 0 Å². The van der Waals surface area contributed by atoms with Crippen LogP contribution in [0.3, 0.4) is 0 Å². The summed E-state index contributed by atoms with van der Waals surface area (Å²) in [5.41, 5.74) is 0.282. The molecule has 0 aliphatic carbocycles. The highest BCUT2D eigenvalue weighted by Gasteiger charge is 2.23. The summed E-state index contributed by atoms with van der Waals surface area (Å²) in [6.07, 6.45) is 0. The van der Waals surface area contributed by atoms with Gasteiger partial charge in [-0.25, -0.2) is 8.42 Å². The zero-order valence-corrected chi connectivity index (χ0v) is 17.5. The monoisotopic (exact) mass is 450 g/mol. The number of ether oxygens (including phenoxy) is 1. The largest absolute Gasteiger partial charge is 0.492 e. The van der Waals surface area contributed by atoms with Gasteiger partial charge in [0.1, 0.15) is 5.75 Å². The molecule has 27 heavy (non-hydrogen) atoms. The number of anilines is 1. The van der Waals surface area contributed by atoms with Gasteiger partial charge in [-0.05, 0) is 44.2 Å². The summed E-state index contributed by atoms with van der Waals surface area (Å²) < 4.78 is 32.6. The van der Waals surface area contributed by atoms with E-state index in [-0.39, 0.29) is 25.7 Å². The fourth-order valence-electron chi connectivity index (χ4n) is 2.12. The van der Waals surface area contributed by atoms with Crippen molar-refractivity contribution in [3.8, 4) is 5.75 Å². The van der Waals surface area contributed by atoms with E-state index in [2.05, 4.69) is 10.0 Å². The minimum absolute atomic E-state index is 0.0867. The minimum Gasteiger partial charge on any atom is -0.492 e. The van der Waals surface area contributed by atoms with Crippen LogP contribution in [0.4, 0.5) is 5.69 Å². The topological polar surface area (TPSA) is 84.5 Å². The van der Waals surface area contributed by atoms with Crippen molar-refractivity contribution in [2.45, 2.75) is 24.8 Å². The number of benzene rings is 2. The van der Waals surface area contributed by atoms with Crippen LogP contribution in [0.2, 0.25) is 15.1 Å². The van der Waals surface area contributed by atoms with Crippen LogP contribution in [0, 0.1) is 0 Å². The van der Waals surface area contributed by atoms with Gasteiger partial charge in [0.15, 0.2) is 0 Å². The number of carbonyl (C=O) groups is 1. The third kappa shape index (κ3) is 5.49. The second-order valence-corrected chi connectivity index (χ2v) is 8.37. The molecule has 0 saturated heterocycles. The Hall–Kier alpha value is -1.51. The Balaban J connectivity index is 2.13. The van der Waals surface area contributed by atoms with Gasteiger partial charge in [0, 0.05) is 0 Å². The predicted octanol–water partition coefficient (Wildman–Crippen LogP) is 4.35. The molecule has 1 atom stereocenters. The number of amides is 1. The molecule has 0 aliphatic heterocycles. The zero-order valence-electron chi connectivity index (χ0n) is 14.4. The zero-order chi connectivity index (χ0) is 20.2. The lowest BCUT2D eigenvalue weighted by Gasteiger charge is -2.16. The minimum atomic E-state index is -3.98. The number of hydrogen-bond donors (Lipinski definition) is 2. The molecule has 6 nitrogen and oxygen atoms in total. The normalized spacial score (nSPS) is 12.5. The van der Waals surface area contributed by atoms with Gasteiger partial charge in [-0.3, -0.25) is 4.79 Å². The fraction of sp³-hybridized carbons (Fsp3) is 0.235. The number of nitrogens with one attached hydrogen (secondary N) is 2. The maximum Gasteiger partial charge on any atom is 0.242 e. The van der Waals surface area contributed by atoms with Crippen molar-refractivity contribution in [3.05, 3.63) is 51.5 Å². The van der Waals surface area contributed by atoms with Crippen molar-refractivity contribution in [1.29, 1.82) is 0 Å². The Morgan fingerprint density at radius 2 is 1.85 bits per heavy atom. The van der Waals surface area contributed by atoms with E-state index in [4.69, 9.17) is 39.5 Å². The third-order valence-electron chi connectivity index (χ3n) is 3.45. The summed E-state index contributed by atoms with van der Waals surface area (Å²) >= 11 is 17.9. The maximum absolute atomic E-state index is 12.5. The van der Waals surface area contributed by atoms with E-state index < -0.39 is 22.0 Å². The number of halogens is 3. The Labute approximate surface area is 172 Å². The Morgan fingerprint density at radius 3 is 2.48 bits per heavy atom. The van der Waals surface area contributed by atoms with Gasteiger partial charge in [0.25, 0.3) is 0 Å². The summed E-state index contributed by atoms with van der Waals surface area (Å²) in [5, 5.41) is 3.13.